The first-order chi connectivity index (χ1) is 13.5. The summed E-state index contributed by atoms with van der Waals surface area (Å²) in [6.45, 7) is 4.83. The summed E-state index contributed by atoms with van der Waals surface area (Å²) in [5, 5.41) is 2.64. The topological polar surface area (TPSA) is 73.9 Å². The van der Waals surface area contributed by atoms with Crippen molar-refractivity contribution in [2.75, 3.05) is 20.3 Å². The lowest BCUT2D eigenvalue weighted by atomic mass is 9.88. The normalized spacial score (nSPS) is 11.6. The monoisotopic (exact) mass is 385 g/mol. The van der Waals surface area contributed by atoms with Crippen LogP contribution in [0, 0.1) is 5.92 Å². The number of nitrogens with one attached hydrogen (secondary N) is 1. The van der Waals surface area contributed by atoms with E-state index in [0.29, 0.717) is 18.9 Å². The van der Waals surface area contributed by atoms with Gasteiger partial charge in [-0.2, -0.15) is 0 Å². The number of amides is 1. The molecule has 0 heterocycles. The molecule has 0 radical (unpaired) electrons. The van der Waals surface area contributed by atoms with E-state index in [9.17, 15) is 9.59 Å². The fraction of sp³-hybridized carbons (Fsp3) is 0.364. The van der Waals surface area contributed by atoms with E-state index < -0.39 is 6.09 Å². The van der Waals surface area contributed by atoms with Crippen molar-refractivity contribution >= 4 is 12.1 Å². The highest BCUT2D eigenvalue weighted by Gasteiger charge is 2.24. The van der Waals surface area contributed by atoms with Gasteiger partial charge in [0.2, 0.25) is 0 Å². The maximum Gasteiger partial charge on any atom is 0.407 e. The van der Waals surface area contributed by atoms with Crippen molar-refractivity contribution in [2.45, 2.75) is 26.4 Å². The fourth-order valence-corrected chi connectivity index (χ4v) is 2.79. The summed E-state index contributed by atoms with van der Waals surface area (Å²) in [5.74, 6) is 0.239. The molecule has 1 unspecified atom stereocenters. The van der Waals surface area contributed by atoms with Gasteiger partial charge in [-0.3, -0.25) is 4.79 Å². The Labute approximate surface area is 165 Å². The SMILES string of the molecule is COC(=O)C(c1ccc(OCCNC(=O)OCc2ccccc2)cc1)C(C)C. The van der Waals surface area contributed by atoms with Crippen molar-refractivity contribution in [1.82, 2.24) is 5.32 Å². The molecule has 28 heavy (non-hydrogen) atoms. The van der Waals surface area contributed by atoms with Crippen LogP contribution in [0.15, 0.2) is 54.6 Å². The molecule has 0 aliphatic heterocycles. The van der Waals surface area contributed by atoms with Crippen LogP contribution in [-0.2, 0) is 20.9 Å². The zero-order valence-electron chi connectivity index (χ0n) is 16.5. The van der Waals surface area contributed by atoms with Crippen LogP contribution in [0.5, 0.6) is 5.75 Å². The molecule has 0 aliphatic carbocycles. The second kappa shape index (κ2) is 11.0. The third-order valence-corrected chi connectivity index (χ3v) is 4.21. The Balaban J connectivity index is 1.73. The minimum Gasteiger partial charge on any atom is -0.492 e. The number of alkyl carbamates (subject to hydrolysis) is 1. The Kier molecular flexibility index (Phi) is 8.34. The van der Waals surface area contributed by atoms with E-state index in [2.05, 4.69) is 5.32 Å². The molecule has 1 atom stereocenters. The Hall–Kier alpha value is -3.02. The first-order valence-corrected chi connectivity index (χ1v) is 9.26. The van der Waals surface area contributed by atoms with Gasteiger partial charge < -0.3 is 19.5 Å². The average Bonchev–Trinajstić information content (AvgIpc) is 2.71. The third kappa shape index (κ3) is 6.61. The number of hydrogen-bond acceptors (Lipinski definition) is 5. The molecule has 0 spiro atoms. The first-order valence-electron chi connectivity index (χ1n) is 9.26. The highest BCUT2D eigenvalue weighted by molar-refractivity contribution is 5.78. The average molecular weight is 385 g/mol. The fourth-order valence-electron chi connectivity index (χ4n) is 2.79. The predicted molar refractivity (Wildman–Crippen MR) is 106 cm³/mol. The summed E-state index contributed by atoms with van der Waals surface area (Å²) in [5.41, 5.74) is 1.82. The van der Waals surface area contributed by atoms with Gasteiger partial charge in [-0.15, -0.1) is 0 Å². The van der Waals surface area contributed by atoms with Crippen molar-refractivity contribution < 1.29 is 23.8 Å². The third-order valence-electron chi connectivity index (χ3n) is 4.21. The van der Waals surface area contributed by atoms with Gasteiger partial charge in [0.25, 0.3) is 0 Å². The van der Waals surface area contributed by atoms with E-state index >= 15 is 0 Å². The number of carbonyl (C=O) groups excluding carboxylic acids is 2. The maximum absolute atomic E-state index is 12.0. The van der Waals surface area contributed by atoms with Gasteiger partial charge in [0.1, 0.15) is 19.0 Å². The minimum atomic E-state index is -0.486. The zero-order chi connectivity index (χ0) is 20.4. The molecular formula is C22H27NO5. The predicted octanol–water partition coefficient (Wildman–Crippen LogP) is 3.90. The van der Waals surface area contributed by atoms with Gasteiger partial charge in [0, 0.05) is 0 Å². The van der Waals surface area contributed by atoms with Crippen molar-refractivity contribution in [3.63, 3.8) is 0 Å². The largest absolute Gasteiger partial charge is 0.492 e. The smallest absolute Gasteiger partial charge is 0.407 e. The summed E-state index contributed by atoms with van der Waals surface area (Å²) < 4.78 is 15.6. The number of rotatable bonds is 9. The molecule has 150 valence electrons. The van der Waals surface area contributed by atoms with E-state index in [1.54, 1.807) is 12.1 Å². The Bertz CT molecular complexity index is 743. The van der Waals surface area contributed by atoms with Crippen LogP contribution in [0.1, 0.15) is 30.9 Å². The number of hydrogen-bond donors (Lipinski definition) is 1. The van der Waals surface area contributed by atoms with Gasteiger partial charge in [0.05, 0.1) is 19.6 Å². The van der Waals surface area contributed by atoms with Crippen LogP contribution in [0.25, 0.3) is 0 Å². The second-order valence-electron chi connectivity index (χ2n) is 6.65. The molecule has 0 aliphatic rings. The molecule has 1 amide bonds. The number of ether oxygens (including phenoxy) is 3. The summed E-state index contributed by atoms with van der Waals surface area (Å²) in [6.07, 6.45) is -0.486. The van der Waals surface area contributed by atoms with Crippen LogP contribution in [0.4, 0.5) is 4.79 Å². The van der Waals surface area contributed by atoms with E-state index in [-0.39, 0.29) is 24.4 Å². The van der Waals surface area contributed by atoms with E-state index in [1.165, 1.54) is 7.11 Å². The van der Waals surface area contributed by atoms with Crippen LogP contribution in [0.3, 0.4) is 0 Å². The van der Waals surface area contributed by atoms with E-state index in [1.807, 2.05) is 56.3 Å². The molecule has 6 nitrogen and oxygen atoms in total. The molecule has 0 saturated carbocycles. The lowest BCUT2D eigenvalue weighted by Gasteiger charge is -2.19. The van der Waals surface area contributed by atoms with Gasteiger partial charge in [-0.05, 0) is 29.2 Å². The van der Waals surface area contributed by atoms with Crippen LogP contribution >= 0.6 is 0 Å². The molecular weight excluding hydrogens is 358 g/mol. The summed E-state index contributed by atoms with van der Waals surface area (Å²) in [7, 11) is 1.40. The molecule has 0 bridgehead atoms. The summed E-state index contributed by atoms with van der Waals surface area (Å²) >= 11 is 0. The van der Waals surface area contributed by atoms with Crippen molar-refractivity contribution in [2.24, 2.45) is 5.92 Å². The standard InChI is InChI=1S/C22H27NO5/c1-16(2)20(21(24)26-3)18-9-11-19(12-10-18)27-14-13-23-22(25)28-15-17-7-5-4-6-8-17/h4-12,16,20H,13-15H2,1-3H3,(H,23,25). The molecule has 2 rings (SSSR count). The Morgan fingerprint density at radius 1 is 1.00 bits per heavy atom. The quantitative estimate of drug-likeness (QED) is 0.523. The highest BCUT2D eigenvalue weighted by atomic mass is 16.5. The van der Waals surface area contributed by atoms with Gasteiger partial charge in [-0.1, -0.05) is 56.3 Å². The highest BCUT2D eigenvalue weighted by Crippen LogP contribution is 2.27. The van der Waals surface area contributed by atoms with Crippen molar-refractivity contribution in [3.05, 3.63) is 65.7 Å². The van der Waals surface area contributed by atoms with E-state index in [4.69, 9.17) is 14.2 Å². The molecule has 2 aromatic carbocycles. The first kappa shape index (κ1) is 21.3. The van der Waals surface area contributed by atoms with Crippen molar-refractivity contribution in [3.8, 4) is 5.75 Å². The maximum atomic E-state index is 12.0. The van der Waals surface area contributed by atoms with Gasteiger partial charge in [-0.25, -0.2) is 4.79 Å². The molecule has 1 N–H and O–H groups in total. The molecule has 6 heteroatoms. The second-order valence-corrected chi connectivity index (χ2v) is 6.65. The number of benzene rings is 2. The Morgan fingerprint density at radius 3 is 2.29 bits per heavy atom. The number of carbonyl (C=O) groups is 2. The molecule has 0 aromatic heterocycles. The number of esters is 1. The summed E-state index contributed by atoms with van der Waals surface area (Å²) in [6, 6.07) is 16.8. The number of methoxy groups -OCH3 is 1. The van der Waals surface area contributed by atoms with Gasteiger partial charge >= 0.3 is 12.1 Å². The Morgan fingerprint density at radius 2 is 1.68 bits per heavy atom. The minimum absolute atomic E-state index is 0.130. The molecule has 0 saturated heterocycles. The van der Waals surface area contributed by atoms with Crippen molar-refractivity contribution in [1.29, 1.82) is 0 Å². The molecule has 0 fully saturated rings. The van der Waals surface area contributed by atoms with Gasteiger partial charge in [0.15, 0.2) is 0 Å². The van der Waals surface area contributed by atoms with E-state index in [0.717, 1.165) is 11.1 Å². The molecule has 2 aromatic rings. The van der Waals surface area contributed by atoms with Crippen LogP contribution in [-0.4, -0.2) is 32.3 Å². The zero-order valence-corrected chi connectivity index (χ0v) is 16.5. The lowest BCUT2D eigenvalue weighted by Crippen LogP contribution is -2.28. The van der Waals surface area contributed by atoms with Crippen LogP contribution in [0.2, 0.25) is 0 Å². The van der Waals surface area contributed by atoms with Crippen LogP contribution < -0.4 is 10.1 Å². The lowest BCUT2D eigenvalue weighted by molar-refractivity contribution is -0.143. The summed E-state index contributed by atoms with van der Waals surface area (Å²) in [4.78, 5) is 23.6.